The normalized spacial score (nSPS) is 15.1. The summed E-state index contributed by atoms with van der Waals surface area (Å²) in [4.78, 5) is 9.64. The number of piperazine rings is 1. The van der Waals surface area contributed by atoms with Gasteiger partial charge in [0.15, 0.2) is 5.65 Å². The van der Waals surface area contributed by atoms with E-state index >= 15 is 0 Å². The highest BCUT2D eigenvalue weighted by molar-refractivity contribution is 5.96. The molecule has 0 aliphatic carbocycles. The fourth-order valence-corrected chi connectivity index (χ4v) is 4.71. The molecule has 1 saturated heterocycles. The summed E-state index contributed by atoms with van der Waals surface area (Å²) in [7, 11) is 4.26. The van der Waals surface area contributed by atoms with Gasteiger partial charge in [-0.1, -0.05) is 30.3 Å². The van der Waals surface area contributed by atoms with Crippen LogP contribution in [0.4, 0.5) is 5.69 Å². The van der Waals surface area contributed by atoms with Crippen molar-refractivity contribution >= 4 is 22.2 Å². The predicted molar refractivity (Wildman–Crippen MR) is 130 cm³/mol. The zero-order chi connectivity index (χ0) is 21.7. The number of hydrogen-bond donors (Lipinski definition) is 0. The van der Waals surface area contributed by atoms with Crippen LogP contribution in [0.25, 0.3) is 38.8 Å². The van der Waals surface area contributed by atoms with Crippen molar-refractivity contribution in [1.29, 1.82) is 0 Å². The summed E-state index contributed by atoms with van der Waals surface area (Å²) in [5.41, 5.74) is 7.80. The molecule has 6 nitrogen and oxygen atoms in total. The van der Waals surface area contributed by atoms with Gasteiger partial charge >= 0.3 is 0 Å². The lowest BCUT2D eigenvalue weighted by Crippen LogP contribution is -2.44. The molecule has 0 amide bonds. The Kier molecular flexibility index (Phi) is 4.47. The van der Waals surface area contributed by atoms with Gasteiger partial charge in [-0.3, -0.25) is 0 Å². The number of nitrogens with zero attached hydrogens (tertiary/aromatic N) is 6. The van der Waals surface area contributed by atoms with E-state index in [2.05, 4.69) is 94.5 Å². The van der Waals surface area contributed by atoms with Crippen molar-refractivity contribution in [2.24, 2.45) is 7.05 Å². The summed E-state index contributed by atoms with van der Waals surface area (Å²) in [6, 6.07) is 17.3. The quantitative estimate of drug-likeness (QED) is 0.435. The molecule has 2 aromatic carbocycles. The van der Waals surface area contributed by atoms with Crippen molar-refractivity contribution in [3.63, 3.8) is 0 Å². The van der Waals surface area contributed by atoms with Gasteiger partial charge in [-0.05, 0) is 30.8 Å². The Morgan fingerprint density at radius 2 is 1.53 bits per heavy atom. The fourth-order valence-electron chi connectivity index (χ4n) is 4.71. The number of anilines is 1. The Morgan fingerprint density at radius 3 is 2.34 bits per heavy atom. The summed E-state index contributed by atoms with van der Waals surface area (Å²) in [5.74, 6) is 0. The van der Waals surface area contributed by atoms with Gasteiger partial charge in [-0.2, -0.15) is 5.10 Å². The number of fused-ring (bicyclic) bond motifs is 2. The highest BCUT2D eigenvalue weighted by Crippen LogP contribution is 2.31. The van der Waals surface area contributed by atoms with Crippen molar-refractivity contribution in [3.05, 3.63) is 73.3 Å². The summed E-state index contributed by atoms with van der Waals surface area (Å²) in [6.07, 6.45) is 8.11. The second-order valence-electron chi connectivity index (χ2n) is 8.68. The molecular formula is C26H26N6. The molecule has 0 radical (unpaired) electrons. The maximum Gasteiger partial charge on any atom is 0.162 e. The minimum Gasteiger partial charge on any atom is -0.369 e. The number of aryl methyl sites for hydroxylation is 1. The third-order valence-corrected chi connectivity index (χ3v) is 6.61. The molecule has 0 spiro atoms. The minimum atomic E-state index is 0.876. The molecule has 0 bridgehead atoms. The lowest BCUT2D eigenvalue weighted by Gasteiger charge is -2.34. The van der Waals surface area contributed by atoms with Crippen molar-refractivity contribution in [2.75, 3.05) is 38.1 Å². The first-order valence-corrected chi connectivity index (χ1v) is 11.1. The van der Waals surface area contributed by atoms with Crippen LogP contribution in [-0.4, -0.2) is 57.3 Å². The number of hydrogen-bond acceptors (Lipinski definition) is 4. The number of aromatic nitrogens is 4. The zero-order valence-corrected chi connectivity index (χ0v) is 18.4. The van der Waals surface area contributed by atoms with Gasteiger partial charge in [-0.15, -0.1) is 0 Å². The standard InChI is InChI=1S/C26H26N6/c1-29-11-13-31(14-12-29)21-9-7-19(8-10-21)23-16-28-32-17-20(15-27-26(23)32)24-18-30(2)25-6-4-3-5-22(24)25/h3-10,15-18H,11-14H2,1-2H3. The van der Waals surface area contributed by atoms with Gasteiger partial charge in [-0.25, -0.2) is 9.50 Å². The second-order valence-corrected chi connectivity index (χ2v) is 8.68. The smallest absolute Gasteiger partial charge is 0.162 e. The van der Waals surface area contributed by atoms with Crippen LogP contribution in [0.1, 0.15) is 0 Å². The molecule has 6 rings (SSSR count). The molecule has 5 aromatic rings. The van der Waals surface area contributed by atoms with Crippen LogP contribution in [0.3, 0.4) is 0 Å². The first-order valence-electron chi connectivity index (χ1n) is 11.1. The van der Waals surface area contributed by atoms with E-state index in [4.69, 9.17) is 4.98 Å². The zero-order valence-electron chi connectivity index (χ0n) is 18.4. The molecule has 1 aliphatic rings. The molecule has 1 fully saturated rings. The van der Waals surface area contributed by atoms with Crippen LogP contribution in [0, 0.1) is 0 Å². The minimum absolute atomic E-state index is 0.876. The van der Waals surface area contributed by atoms with E-state index in [1.54, 1.807) is 0 Å². The van der Waals surface area contributed by atoms with E-state index in [9.17, 15) is 0 Å². The topological polar surface area (TPSA) is 41.6 Å². The number of para-hydroxylation sites is 1. The van der Waals surface area contributed by atoms with E-state index < -0.39 is 0 Å². The van der Waals surface area contributed by atoms with Crippen molar-refractivity contribution in [3.8, 4) is 22.3 Å². The summed E-state index contributed by atoms with van der Waals surface area (Å²) in [5, 5.41) is 5.85. The monoisotopic (exact) mass is 422 g/mol. The summed E-state index contributed by atoms with van der Waals surface area (Å²) in [6.45, 7) is 4.37. The molecule has 3 aromatic heterocycles. The van der Waals surface area contributed by atoms with Crippen molar-refractivity contribution in [1.82, 2.24) is 24.1 Å². The van der Waals surface area contributed by atoms with Gasteiger partial charge in [0.2, 0.25) is 0 Å². The van der Waals surface area contributed by atoms with Crippen LogP contribution >= 0.6 is 0 Å². The molecule has 4 heterocycles. The second kappa shape index (κ2) is 7.50. The van der Waals surface area contributed by atoms with Gasteiger partial charge in [0.25, 0.3) is 0 Å². The van der Waals surface area contributed by atoms with Crippen molar-refractivity contribution in [2.45, 2.75) is 0 Å². The fraction of sp³-hybridized carbons (Fsp3) is 0.231. The molecule has 0 unspecified atom stereocenters. The lowest BCUT2D eigenvalue weighted by molar-refractivity contribution is 0.313. The van der Waals surface area contributed by atoms with Gasteiger partial charge < -0.3 is 14.4 Å². The average molecular weight is 423 g/mol. The van der Waals surface area contributed by atoms with E-state index in [1.165, 1.54) is 22.2 Å². The summed E-state index contributed by atoms with van der Waals surface area (Å²) >= 11 is 0. The molecule has 160 valence electrons. The third-order valence-electron chi connectivity index (χ3n) is 6.61. The molecule has 1 aliphatic heterocycles. The Morgan fingerprint density at radius 1 is 0.750 bits per heavy atom. The van der Waals surface area contributed by atoms with Crippen LogP contribution < -0.4 is 4.90 Å². The van der Waals surface area contributed by atoms with Crippen LogP contribution in [-0.2, 0) is 7.05 Å². The lowest BCUT2D eigenvalue weighted by atomic mass is 10.1. The molecule has 0 N–H and O–H groups in total. The molecule has 32 heavy (non-hydrogen) atoms. The SMILES string of the molecule is CN1CCN(c2ccc(-c3cnn4cc(-c5cn(C)c6ccccc56)cnc34)cc2)CC1. The van der Waals surface area contributed by atoms with E-state index in [0.717, 1.165) is 48.5 Å². The Bertz CT molecular complexity index is 1400. The highest BCUT2D eigenvalue weighted by Gasteiger charge is 2.16. The maximum absolute atomic E-state index is 4.81. The first kappa shape index (κ1) is 19.1. The first-order chi connectivity index (χ1) is 15.7. The number of likely N-dealkylation sites (N-methyl/N-ethyl adjacent to an activating group) is 1. The molecular weight excluding hydrogens is 396 g/mol. The van der Waals surface area contributed by atoms with Crippen LogP contribution in [0.2, 0.25) is 0 Å². The van der Waals surface area contributed by atoms with Gasteiger partial charge in [0.05, 0.1) is 6.20 Å². The number of benzene rings is 2. The molecule has 0 saturated carbocycles. The highest BCUT2D eigenvalue weighted by atomic mass is 15.3. The Labute approximate surface area is 187 Å². The largest absolute Gasteiger partial charge is 0.369 e. The number of rotatable bonds is 3. The Hall–Kier alpha value is -3.64. The van der Waals surface area contributed by atoms with E-state index in [-0.39, 0.29) is 0 Å². The van der Waals surface area contributed by atoms with Crippen molar-refractivity contribution < 1.29 is 0 Å². The Balaban J connectivity index is 1.33. The molecule has 0 atom stereocenters. The van der Waals surface area contributed by atoms with E-state index in [1.807, 2.05) is 16.9 Å². The maximum atomic E-state index is 4.81. The third kappa shape index (κ3) is 3.15. The van der Waals surface area contributed by atoms with Gasteiger partial charge in [0, 0.05) is 85.1 Å². The van der Waals surface area contributed by atoms with Crippen LogP contribution in [0.5, 0.6) is 0 Å². The summed E-state index contributed by atoms with van der Waals surface area (Å²) < 4.78 is 4.05. The van der Waals surface area contributed by atoms with Crippen LogP contribution in [0.15, 0.2) is 73.3 Å². The van der Waals surface area contributed by atoms with Gasteiger partial charge in [0.1, 0.15) is 0 Å². The predicted octanol–water partition coefficient (Wildman–Crippen LogP) is 4.31. The molecule has 6 heteroatoms. The van der Waals surface area contributed by atoms with E-state index in [0.29, 0.717) is 0 Å². The average Bonchev–Trinajstić information content (AvgIpc) is 3.41.